The predicted octanol–water partition coefficient (Wildman–Crippen LogP) is 4.57. The number of nitrogens with one attached hydrogen (secondary N) is 1. The number of hydrogen-bond acceptors (Lipinski definition) is 4. The molecule has 1 saturated heterocycles. The molecule has 1 aliphatic rings. The molecule has 2 aromatic carbocycles. The van der Waals surface area contributed by atoms with E-state index in [1.165, 1.54) is 31.4 Å². The fourth-order valence-corrected chi connectivity index (χ4v) is 3.30. The molecular formula is C19H22Cl2F4N2O2. The Morgan fingerprint density at radius 3 is 2.17 bits per heavy atom. The van der Waals surface area contributed by atoms with Crippen LogP contribution in [0.15, 0.2) is 42.5 Å². The second-order valence-electron chi connectivity index (χ2n) is 6.19. The third-order valence-corrected chi connectivity index (χ3v) is 4.43. The number of rotatable bonds is 5. The minimum atomic E-state index is -4.74. The second-order valence-corrected chi connectivity index (χ2v) is 6.19. The van der Waals surface area contributed by atoms with Gasteiger partial charge in [0.25, 0.3) is 0 Å². The Kier molecular flexibility index (Phi) is 9.48. The number of benzene rings is 2. The van der Waals surface area contributed by atoms with Gasteiger partial charge >= 0.3 is 6.36 Å². The maximum atomic E-state index is 13.9. The van der Waals surface area contributed by atoms with Crippen molar-refractivity contribution in [1.82, 2.24) is 10.2 Å². The van der Waals surface area contributed by atoms with Crippen LogP contribution in [0.2, 0.25) is 0 Å². The van der Waals surface area contributed by atoms with E-state index in [1.807, 2.05) is 0 Å². The first-order valence-corrected chi connectivity index (χ1v) is 8.51. The largest absolute Gasteiger partial charge is 0.573 e. The van der Waals surface area contributed by atoms with Crippen molar-refractivity contribution in [3.63, 3.8) is 0 Å². The van der Waals surface area contributed by atoms with Crippen LogP contribution >= 0.6 is 24.8 Å². The molecule has 4 nitrogen and oxygen atoms in total. The van der Waals surface area contributed by atoms with Crippen LogP contribution in [-0.4, -0.2) is 44.6 Å². The molecule has 2 aromatic rings. The number of alkyl halides is 3. The molecule has 0 radical (unpaired) electrons. The van der Waals surface area contributed by atoms with Gasteiger partial charge in [0.2, 0.25) is 0 Å². The summed E-state index contributed by atoms with van der Waals surface area (Å²) in [5.41, 5.74) is 1.36. The zero-order valence-electron chi connectivity index (χ0n) is 15.5. The normalized spacial score (nSPS) is 15.6. The van der Waals surface area contributed by atoms with Gasteiger partial charge in [-0.2, -0.15) is 0 Å². The molecule has 0 saturated carbocycles. The van der Waals surface area contributed by atoms with E-state index in [4.69, 9.17) is 4.74 Å². The molecule has 0 bridgehead atoms. The molecule has 0 amide bonds. The molecule has 0 spiro atoms. The van der Waals surface area contributed by atoms with Crippen molar-refractivity contribution in [3.8, 4) is 11.5 Å². The van der Waals surface area contributed by atoms with Crippen molar-refractivity contribution in [2.24, 2.45) is 0 Å². The molecule has 1 aliphatic heterocycles. The minimum Gasteiger partial charge on any atom is -0.496 e. The Morgan fingerprint density at radius 2 is 1.62 bits per heavy atom. The highest BCUT2D eigenvalue weighted by atomic mass is 35.5. The Hall–Kier alpha value is -1.74. The van der Waals surface area contributed by atoms with Crippen LogP contribution < -0.4 is 14.8 Å². The monoisotopic (exact) mass is 456 g/mol. The van der Waals surface area contributed by atoms with Crippen LogP contribution in [0.4, 0.5) is 17.6 Å². The van der Waals surface area contributed by atoms with Crippen LogP contribution in [0.25, 0.3) is 0 Å². The fraction of sp³-hybridized carbons (Fsp3) is 0.368. The van der Waals surface area contributed by atoms with Crippen molar-refractivity contribution in [2.45, 2.75) is 12.4 Å². The molecule has 3 rings (SSSR count). The highest BCUT2D eigenvalue weighted by molar-refractivity contribution is 5.85. The second kappa shape index (κ2) is 10.9. The summed E-state index contributed by atoms with van der Waals surface area (Å²) < 4.78 is 60.5. The maximum Gasteiger partial charge on any atom is 0.573 e. The summed E-state index contributed by atoms with van der Waals surface area (Å²) in [5.74, 6) is -0.171. The highest BCUT2D eigenvalue weighted by Crippen LogP contribution is 2.36. The van der Waals surface area contributed by atoms with Gasteiger partial charge in [-0.1, -0.05) is 12.1 Å². The zero-order valence-corrected chi connectivity index (χ0v) is 17.2. The topological polar surface area (TPSA) is 33.7 Å². The maximum absolute atomic E-state index is 13.9. The zero-order chi connectivity index (χ0) is 19.4. The van der Waals surface area contributed by atoms with Crippen molar-refractivity contribution < 1.29 is 27.0 Å². The predicted molar refractivity (Wildman–Crippen MR) is 107 cm³/mol. The summed E-state index contributed by atoms with van der Waals surface area (Å²) in [5, 5.41) is 3.26. The Morgan fingerprint density at radius 1 is 1.00 bits per heavy atom. The lowest BCUT2D eigenvalue weighted by Crippen LogP contribution is -2.45. The van der Waals surface area contributed by atoms with Gasteiger partial charge in [0, 0.05) is 31.7 Å². The van der Waals surface area contributed by atoms with Crippen LogP contribution in [-0.2, 0) is 0 Å². The first-order valence-electron chi connectivity index (χ1n) is 8.51. The van der Waals surface area contributed by atoms with Crippen molar-refractivity contribution in [1.29, 1.82) is 0 Å². The average Bonchev–Trinajstić information content (AvgIpc) is 2.63. The van der Waals surface area contributed by atoms with E-state index in [-0.39, 0.29) is 36.6 Å². The van der Waals surface area contributed by atoms with Crippen LogP contribution in [0.5, 0.6) is 11.5 Å². The van der Waals surface area contributed by atoms with Gasteiger partial charge in [-0.05, 0) is 35.9 Å². The van der Waals surface area contributed by atoms with Gasteiger partial charge in [0.05, 0.1) is 13.2 Å². The van der Waals surface area contributed by atoms with Crippen LogP contribution in [0.3, 0.4) is 0 Å². The molecule has 29 heavy (non-hydrogen) atoms. The van der Waals surface area contributed by atoms with Gasteiger partial charge in [-0.15, -0.1) is 38.0 Å². The van der Waals surface area contributed by atoms with Crippen LogP contribution in [0.1, 0.15) is 17.2 Å². The third kappa shape index (κ3) is 6.64. The van der Waals surface area contributed by atoms with E-state index in [0.717, 1.165) is 18.7 Å². The molecule has 1 N–H and O–H groups in total. The van der Waals surface area contributed by atoms with E-state index in [1.54, 1.807) is 18.2 Å². The summed E-state index contributed by atoms with van der Waals surface area (Å²) >= 11 is 0. The van der Waals surface area contributed by atoms with Gasteiger partial charge in [0.15, 0.2) is 0 Å². The molecule has 162 valence electrons. The first-order chi connectivity index (χ1) is 12.9. The average molecular weight is 457 g/mol. The molecular weight excluding hydrogens is 435 g/mol. The lowest BCUT2D eigenvalue weighted by Gasteiger charge is -2.36. The third-order valence-electron chi connectivity index (χ3n) is 4.43. The lowest BCUT2D eigenvalue weighted by molar-refractivity contribution is -0.274. The van der Waals surface area contributed by atoms with E-state index in [0.29, 0.717) is 24.4 Å². The van der Waals surface area contributed by atoms with Crippen molar-refractivity contribution >= 4 is 24.8 Å². The van der Waals surface area contributed by atoms with E-state index < -0.39 is 12.2 Å². The molecule has 0 aliphatic carbocycles. The number of nitrogens with zero attached hydrogens (tertiary/aromatic N) is 1. The van der Waals surface area contributed by atoms with Gasteiger partial charge in [-0.25, -0.2) is 4.39 Å². The van der Waals surface area contributed by atoms with E-state index in [9.17, 15) is 17.6 Å². The number of methoxy groups -OCH3 is 1. The minimum absolute atomic E-state index is 0. The Labute approximate surface area is 179 Å². The molecule has 1 fully saturated rings. The molecule has 10 heteroatoms. The summed E-state index contributed by atoms with van der Waals surface area (Å²) in [6.45, 7) is 2.96. The summed E-state index contributed by atoms with van der Waals surface area (Å²) in [6.07, 6.45) is -4.74. The quantitative estimate of drug-likeness (QED) is 0.668. The van der Waals surface area contributed by atoms with Crippen molar-refractivity contribution in [3.05, 3.63) is 59.4 Å². The summed E-state index contributed by atoms with van der Waals surface area (Å²) in [7, 11) is 1.51. The SMILES string of the molecule is COc1ccc(F)cc1[C@H](c1ccc(OC(F)(F)F)cc1)N1CCNCC1.Cl.Cl. The van der Waals surface area contributed by atoms with Crippen molar-refractivity contribution in [2.75, 3.05) is 33.3 Å². The standard InChI is InChI=1S/C19H20F4N2O2.2ClH/c1-26-17-7-4-14(20)12-16(17)18(25-10-8-24-9-11-25)13-2-5-15(6-3-13)27-19(21,22)23;;/h2-7,12,18,24H,8-11H2,1H3;2*1H/t18-;;/m0../s1. The van der Waals surface area contributed by atoms with Gasteiger partial charge in [-0.3, -0.25) is 4.90 Å². The molecule has 1 atom stereocenters. The number of ether oxygens (including phenoxy) is 2. The number of hydrogen-bond donors (Lipinski definition) is 1. The smallest absolute Gasteiger partial charge is 0.496 e. The van der Waals surface area contributed by atoms with Gasteiger partial charge in [0.1, 0.15) is 17.3 Å². The van der Waals surface area contributed by atoms with E-state index in [2.05, 4.69) is 15.0 Å². The van der Waals surface area contributed by atoms with Gasteiger partial charge < -0.3 is 14.8 Å². The Balaban J connectivity index is 0.00000210. The number of piperazine rings is 1. The summed E-state index contributed by atoms with van der Waals surface area (Å²) in [4.78, 5) is 2.15. The molecule has 0 unspecified atom stereocenters. The first kappa shape index (κ1) is 25.3. The fourth-order valence-electron chi connectivity index (χ4n) is 3.30. The summed E-state index contributed by atoms with van der Waals surface area (Å²) in [6, 6.07) is 9.60. The van der Waals surface area contributed by atoms with Crippen LogP contribution in [0, 0.1) is 5.82 Å². The molecule has 1 heterocycles. The highest BCUT2D eigenvalue weighted by Gasteiger charge is 2.31. The van der Waals surface area contributed by atoms with E-state index >= 15 is 0 Å². The molecule has 0 aromatic heterocycles. The lowest BCUT2D eigenvalue weighted by atomic mass is 9.95. The Bertz CT molecular complexity index is 770. The number of halogens is 6.